The van der Waals surface area contributed by atoms with E-state index >= 15 is 0 Å². The molecule has 0 heterocycles. The van der Waals surface area contributed by atoms with E-state index in [0.29, 0.717) is 0 Å². The summed E-state index contributed by atoms with van der Waals surface area (Å²) >= 11 is 0. The third kappa shape index (κ3) is 1.32. The lowest BCUT2D eigenvalue weighted by molar-refractivity contribution is 0.440. The van der Waals surface area contributed by atoms with Crippen molar-refractivity contribution in [3.8, 4) is 11.5 Å². The van der Waals surface area contributed by atoms with Crippen LogP contribution < -0.4 is 0 Å². The number of benzene rings is 1. The van der Waals surface area contributed by atoms with Crippen LogP contribution in [0.4, 0.5) is 4.39 Å². The van der Waals surface area contributed by atoms with Crippen molar-refractivity contribution in [1.29, 1.82) is 0 Å². The SMILES string of the molecule is Oc1[c]c(F)cc(O)c1. The van der Waals surface area contributed by atoms with Crippen LogP contribution in [0.2, 0.25) is 0 Å². The molecule has 1 rings (SSSR count). The first kappa shape index (κ1) is 5.88. The second-order valence-electron chi connectivity index (χ2n) is 1.57. The first-order valence-electron chi connectivity index (χ1n) is 2.29. The van der Waals surface area contributed by atoms with Crippen LogP contribution in [0.5, 0.6) is 11.5 Å². The van der Waals surface area contributed by atoms with E-state index in [1.54, 1.807) is 0 Å². The van der Waals surface area contributed by atoms with Gasteiger partial charge in [0.1, 0.15) is 17.3 Å². The van der Waals surface area contributed by atoms with Gasteiger partial charge in [0, 0.05) is 12.1 Å². The summed E-state index contributed by atoms with van der Waals surface area (Å²) in [7, 11) is 0. The molecule has 2 nitrogen and oxygen atoms in total. The van der Waals surface area contributed by atoms with Crippen LogP contribution in [0.25, 0.3) is 0 Å². The quantitative estimate of drug-likeness (QED) is 0.546. The van der Waals surface area contributed by atoms with Crippen LogP contribution in [-0.4, -0.2) is 10.2 Å². The molecule has 0 saturated carbocycles. The Bertz CT molecular complexity index is 172. The zero-order valence-electron chi connectivity index (χ0n) is 4.43. The van der Waals surface area contributed by atoms with E-state index in [9.17, 15) is 4.39 Å². The molecule has 0 aliphatic heterocycles. The van der Waals surface area contributed by atoms with Crippen LogP contribution in [-0.2, 0) is 0 Å². The number of hydrogen-bond acceptors (Lipinski definition) is 2. The highest BCUT2D eigenvalue weighted by molar-refractivity contribution is 5.30. The molecule has 0 spiro atoms. The van der Waals surface area contributed by atoms with Crippen molar-refractivity contribution in [1.82, 2.24) is 0 Å². The second kappa shape index (κ2) is 1.93. The average Bonchev–Trinajstić information content (AvgIpc) is 1.59. The molecule has 0 bridgehead atoms. The van der Waals surface area contributed by atoms with Gasteiger partial charge in [-0.2, -0.15) is 0 Å². The number of halogens is 1. The standard InChI is InChI=1S/C6H4FO2/c7-4-1-5(8)3-6(9)2-4/h1,3,8-9H. The van der Waals surface area contributed by atoms with Crippen molar-refractivity contribution >= 4 is 0 Å². The summed E-state index contributed by atoms with van der Waals surface area (Å²) in [5.74, 6) is -1.47. The molecule has 0 aliphatic carbocycles. The normalized spacial score (nSPS) is 9.44. The molecule has 1 aromatic carbocycles. The lowest BCUT2D eigenvalue weighted by atomic mass is 10.3. The maximum atomic E-state index is 12.1. The average molecular weight is 127 g/mol. The van der Waals surface area contributed by atoms with Crippen molar-refractivity contribution < 1.29 is 14.6 Å². The summed E-state index contributed by atoms with van der Waals surface area (Å²) in [4.78, 5) is 0. The fraction of sp³-hybridized carbons (Fsp3) is 0. The smallest absolute Gasteiger partial charge is 0.138 e. The van der Waals surface area contributed by atoms with Gasteiger partial charge < -0.3 is 10.2 Å². The van der Waals surface area contributed by atoms with Crippen LogP contribution in [0.1, 0.15) is 0 Å². The summed E-state index contributed by atoms with van der Waals surface area (Å²) in [6, 6.07) is 3.80. The van der Waals surface area contributed by atoms with E-state index in [-0.39, 0.29) is 5.75 Å². The maximum absolute atomic E-state index is 12.1. The molecule has 0 amide bonds. The Kier molecular flexibility index (Phi) is 1.26. The first-order chi connectivity index (χ1) is 4.18. The molecule has 1 radical (unpaired) electrons. The zero-order valence-corrected chi connectivity index (χ0v) is 4.43. The Morgan fingerprint density at radius 1 is 1.33 bits per heavy atom. The topological polar surface area (TPSA) is 40.5 Å². The van der Waals surface area contributed by atoms with Gasteiger partial charge in [-0.3, -0.25) is 0 Å². The van der Waals surface area contributed by atoms with E-state index in [0.717, 1.165) is 12.1 Å². The lowest BCUT2D eigenvalue weighted by Gasteiger charge is -1.91. The first-order valence-corrected chi connectivity index (χ1v) is 2.29. The molecule has 47 valence electrons. The highest BCUT2D eigenvalue weighted by Crippen LogP contribution is 2.17. The minimum Gasteiger partial charge on any atom is -0.508 e. The van der Waals surface area contributed by atoms with Crippen LogP contribution in [0.3, 0.4) is 0 Å². The molecule has 0 aliphatic rings. The van der Waals surface area contributed by atoms with Gasteiger partial charge in [0.15, 0.2) is 0 Å². The van der Waals surface area contributed by atoms with E-state index in [1.807, 2.05) is 6.07 Å². The van der Waals surface area contributed by atoms with E-state index in [1.165, 1.54) is 0 Å². The predicted molar refractivity (Wildman–Crippen MR) is 28.6 cm³/mol. The molecule has 0 aromatic heterocycles. The molecule has 0 saturated heterocycles. The van der Waals surface area contributed by atoms with Gasteiger partial charge in [-0.25, -0.2) is 4.39 Å². The number of rotatable bonds is 0. The fourth-order valence-electron chi connectivity index (χ4n) is 0.506. The molecule has 1 aromatic rings. The van der Waals surface area contributed by atoms with Crippen molar-refractivity contribution in [2.45, 2.75) is 0 Å². The van der Waals surface area contributed by atoms with Gasteiger partial charge in [0.2, 0.25) is 0 Å². The Morgan fingerprint density at radius 3 is 2.44 bits per heavy atom. The van der Waals surface area contributed by atoms with Gasteiger partial charge in [-0.05, 0) is 0 Å². The summed E-state index contributed by atoms with van der Waals surface area (Å²) in [5, 5.41) is 17.1. The third-order valence-corrected chi connectivity index (χ3v) is 0.807. The lowest BCUT2D eigenvalue weighted by Crippen LogP contribution is -1.72. The Balaban J connectivity index is 3.17. The Hall–Kier alpha value is -1.25. The Labute approximate surface area is 51.2 Å². The van der Waals surface area contributed by atoms with Crippen molar-refractivity contribution in [2.24, 2.45) is 0 Å². The molecule has 3 heteroatoms. The highest BCUT2D eigenvalue weighted by atomic mass is 19.1. The molecule has 9 heavy (non-hydrogen) atoms. The van der Waals surface area contributed by atoms with Crippen molar-refractivity contribution in [3.63, 3.8) is 0 Å². The van der Waals surface area contributed by atoms with Crippen LogP contribution in [0.15, 0.2) is 12.1 Å². The summed E-state index contributed by atoms with van der Waals surface area (Å²) < 4.78 is 12.1. The predicted octanol–water partition coefficient (Wildman–Crippen LogP) is 1.04. The minimum atomic E-state index is -0.771. The summed E-state index contributed by atoms with van der Waals surface area (Å²) in [6.45, 7) is 0. The molecule has 0 atom stereocenters. The molecular weight excluding hydrogens is 123 g/mol. The van der Waals surface area contributed by atoms with E-state index in [2.05, 4.69) is 0 Å². The van der Waals surface area contributed by atoms with Gasteiger partial charge in [-0.15, -0.1) is 0 Å². The number of phenols is 2. The summed E-state index contributed by atoms with van der Waals surface area (Å²) in [6.07, 6.45) is 0. The van der Waals surface area contributed by atoms with E-state index < -0.39 is 11.6 Å². The second-order valence-corrected chi connectivity index (χ2v) is 1.57. The number of hydrogen-bond donors (Lipinski definition) is 2. The van der Waals surface area contributed by atoms with E-state index in [4.69, 9.17) is 10.2 Å². The largest absolute Gasteiger partial charge is 0.508 e. The number of aromatic hydroxyl groups is 2. The minimum absolute atomic E-state index is 0.302. The molecule has 2 N–H and O–H groups in total. The monoisotopic (exact) mass is 127 g/mol. The maximum Gasteiger partial charge on any atom is 0.138 e. The van der Waals surface area contributed by atoms with Gasteiger partial charge in [0.05, 0.1) is 6.07 Å². The van der Waals surface area contributed by atoms with Crippen LogP contribution >= 0.6 is 0 Å². The van der Waals surface area contributed by atoms with Crippen LogP contribution in [0, 0.1) is 11.9 Å². The fourth-order valence-corrected chi connectivity index (χ4v) is 0.506. The summed E-state index contributed by atoms with van der Waals surface area (Å²) in [5.41, 5.74) is 0. The third-order valence-electron chi connectivity index (χ3n) is 0.807. The Morgan fingerprint density at radius 2 is 2.00 bits per heavy atom. The highest BCUT2D eigenvalue weighted by Gasteiger charge is 1.95. The zero-order chi connectivity index (χ0) is 6.85. The van der Waals surface area contributed by atoms with Gasteiger partial charge >= 0.3 is 0 Å². The molecular formula is C6H4FO2. The van der Waals surface area contributed by atoms with Gasteiger partial charge in [0.25, 0.3) is 0 Å². The molecule has 0 fully saturated rings. The van der Waals surface area contributed by atoms with Crippen molar-refractivity contribution in [3.05, 3.63) is 24.0 Å². The van der Waals surface area contributed by atoms with Gasteiger partial charge in [-0.1, -0.05) is 0 Å². The van der Waals surface area contributed by atoms with Crippen molar-refractivity contribution in [2.75, 3.05) is 0 Å². The molecule has 0 unspecified atom stereocenters. The number of phenolic OH excluding ortho intramolecular Hbond substituents is 2.